The van der Waals surface area contributed by atoms with Crippen LogP contribution in [0.5, 0.6) is 0 Å². The summed E-state index contributed by atoms with van der Waals surface area (Å²) in [6, 6.07) is 14.0. The fourth-order valence-corrected chi connectivity index (χ4v) is 6.32. The number of nitrogens with zero attached hydrogens (tertiary/aromatic N) is 6. The lowest BCUT2D eigenvalue weighted by Gasteiger charge is -2.26. The maximum atomic E-state index is 13.3. The number of ketones is 2. The van der Waals surface area contributed by atoms with Gasteiger partial charge in [0.1, 0.15) is 11.4 Å². The first-order valence-electron chi connectivity index (χ1n) is 19.5. The molecule has 0 aliphatic heterocycles. The van der Waals surface area contributed by atoms with Gasteiger partial charge < -0.3 is 11.5 Å². The monoisotopic (exact) mass is 906 g/mol. The van der Waals surface area contributed by atoms with Crippen LogP contribution < -0.4 is 22.3 Å². The first-order chi connectivity index (χ1) is 29.2. The minimum Gasteiger partial charge on any atom is -0.370 e. The molecule has 0 bridgehead atoms. The zero-order valence-corrected chi connectivity index (χ0v) is 36.0. The number of aromatic nitrogens is 4. The molecule has 4 rings (SSSR count). The second kappa shape index (κ2) is 23.8. The van der Waals surface area contributed by atoms with Gasteiger partial charge in [-0.05, 0) is 61.1 Å². The third-order valence-electron chi connectivity index (χ3n) is 8.99. The highest BCUT2D eigenvalue weighted by atomic mass is 35.5. The van der Waals surface area contributed by atoms with Crippen molar-refractivity contribution in [1.82, 2.24) is 40.1 Å². The molecule has 22 heteroatoms. The van der Waals surface area contributed by atoms with E-state index in [2.05, 4.69) is 21.0 Å². The number of Topliss-reactive ketones (excluding diaryl/α,β-unsaturated/α-hetero) is 2. The lowest BCUT2D eigenvalue weighted by Crippen LogP contribution is -2.51. The van der Waals surface area contributed by atoms with E-state index in [0.717, 1.165) is 11.0 Å². The largest absolute Gasteiger partial charge is 0.370 e. The number of hydrogen-bond acceptors (Lipinski definition) is 10. The molecule has 0 saturated carbocycles. The van der Waals surface area contributed by atoms with Gasteiger partial charge in [0.2, 0.25) is 23.6 Å². The van der Waals surface area contributed by atoms with Crippen molar-refractivity contribution in [1.29, 1.82) is 0 Å². The molecule has 4 aromatic rings. The standard InChI is InChI=1S/2C20H25ClFN5O4/c2*1-12(2)9-13(10-16(28)15-11-14-5-3-4-7-26(14)24-15)19(30)25-27(8-6-17(23)29)20(31)18(21)22/h2*3-5,7,11-13,18H,6,8-10H2,1-2H3,(H2,23,29)(H,25,30)/t13-,18+;13-,18-/m11/s1. The Labute approximate surface area is 365 Å². The molecule has 0 spiro atoms. The van der Waals surface area contributed by atoms with Crippen LogP contribution in [0.15, 0.2) is 60.9 Å². The number of nitrogens with two attached hydrogens (primary N) is 2. The summed E-state index contributed by atoms with van der Waals surface area (Å²) < 4.78 is 29.7. The number of amides is 6. The Balaban J connectivity index is 0.000000330. The lowest BCUT2D eigenvalue weighted by atomic mass is 9.91. The summed E-state index contributed by atoms with van der Waals surface area (Å²) >= 11 is 10.4. The normalized spacial score (nSPS) is 13.1. The predicted octanol–water partition coefficient (Wildman–Crippen LogP) is 3.68. The van der Waals surface area contributed by atoms with Gasteiger partial charge in [-0.25, -0.2) is 27.8 Å². The molecular formula is C40H50Cl2F2N10O8. The van der Waals surface area contributed by atoms with Crippen LogP contribution in [-0.4, -0.2) is 101 Å². The Morgan fingerprint density at radius 1 is 0.645 bits per heavy atom. The molecule has 4 heterocycles. The second-order valence-electron chi connectivity index (χ2n) is 15.1. The zero-order valence-electron chi connectivity index (χ0n) is 34.5. The van der Waals surface area contributed by atoms with E-state index in [1.165, 1.54) is 0 Å². The van der Waals surface area contributed by atoms with E-state index in [1.807, 2.05) is 39.8 Å². The highest BCUT2D eigenvalue weighted by Crippen LogP contribution is 2.21. The fraction of sp³-hybridized carbons (Fsp3) is 0.450. The van der Waals surface area contributed by atoms with Crippen LogP contribution in [0.3, 0.4) is 0 Å². The molecule has 0 aromatic carbocycles. The molecule has 0 aliphatic rings. The Bertz CT molecular complexity index is 2010. The topological polar surface area (TPSA) is 254 Å². The Hall–Kier alpha value is -6.02. The number of halogens is 4. The van der Waals surface area contributed by atoms with Gasteiger partial charge in [-0.3, -0.25) is 49.2 Å². The molecular weight excluding hydrogens is 857 g/mol. The molecule has 0 aliphatic carbocycles. The van der Waals surface area contributed by atoms with Crippen molar-refractivity contribution < 1.29 is 47.1 Å². The van der Waals surface area contributed by atoms with Crippen molar-refractivity contribution in [2.75, 3.05) is 13.1 Å². The molecule has 18 nitrogen and oxygen atoms in total. The average Bonchev–Trinajstić information content (AvgIpc) is 3.85. The van der Waals surface area contributed by atoms with Gasteiger partial charge in [-0.2, -0.15) is 10.2 Å². The van der Waals surface area contributed by atoms with Crippen molar-refractivity contribution in [3.8, 4) is 0 Å². The van der Waals surface area contributed by atoms with Gasteiger partial charge in [0.05, 0.1) is 24.1 Å². The Morgan fingerprint density at radius 3 is 1.29 bits per heavy atom. The van der Waals surface area contributed by atoms with Crippen molar-refractivity contribution in [3.05, 3.63) is 72.3 Å². The third kappa shape index (κ3) is 15.8. The second-order valence-corrected chi connectivity index (χ2v) is 15.8. The molecule has 6 N–H and O–H groups in total. The number of primary amides is 2. The Kier molecular flexibility index (Phi) is 19.4. The molecule has 4 atom stereocenters. The summed E-state index contributed by atoms with van der Waals surface area (Å²) in [6.07, 6.45) is 3.15. The van der Waals surface area contributed by atoms with Crippen LogP contribution in [0.2, 0.25) is 0 Å². The first kappa shape index (κ1) is 50.3. The molecule has 0 fully saturated rings. The van der Waals surface area contributed by atoms with Crippen LogP contribution in [0.1, 0.15) is 87.2 Å². The lowest BCUT2D eigenvalue weighted by molar-refractivity contribution is -0.145. The van der Waals surface area contributed by atoms with Gasteiger partial charge in [0.15, 0.2) is 11.6 Å². The highest BCUT2D eigenvalue weighted by Gasteiger charge is 2.31. The average molecular weight is 908 g/mol. The maximum Gasteiger partial charge on any atom is 0.291 e. The number of pyridine rings is 2. The molecule has 0 unspecified atom stereocenters. The quantitative estimate of drug-likeness (QED) is 0.0569. The van der Waals surface area contributed by atoms with E-state index in [0.29, 0.717) is 22.9 Å². The summed E-state index contributed by atoms with van der Waals surface area (Å²) in [5.74, 6) is -7.47. The molecule has 336 valence electrons. The first-order valence-corrected chi connectivity index (χ1v) is 20.4. The van der Waals surface area contributed by atoms with E-state index in [1.54, 1.807) is 57.8 Å². The predicted molar refractivity (Wildman–Crippen MR) is 223 cm³/mol. The summed E-state index contributed by atoms with van der Waals surface area (Å²) in [4.78, 5) is 97.2. The molecule has 0 radical (unpaired) electrons. The van der Waals surface area contributed by atoms with Crippen molar-refractivity contribution in [3.63, 3.8) is 0 Å². The van der Waals surface area contributed by atoms with Crippen LogP contribution in [-0.2, 0) is 28.8 Å². The minimum absolute atomic E-state index is 0.0568. The number of hydrogen-bond donors (Lipinski definition) is 4. The van der Waals surface area contributed by atoms with E-state index >= 15 is 0 Å². The smallest absolute Gasteiger partial charge is 0.291 e. The summed E-state index contributed by atoms with van der Waals surface area (Å²) in [7, 11) is 0. The van der Waals surface area contributed by atoms with Crippen molar-refractivity contribution in [2.45, 2.75) is 77.5 Å². The maximum absolute atomic E-state index is 13.3. The number of rotatable bonds is 20. The summed E-state index contributed by atoms with van der Waals surface area (Å²) in [5.41, 5.74) is 11.8. The van der Waals surface area contributed by atoms with Gasteiger partial charge in [-0.1, -0.05) is 63.0 Å². The zero-order chi connectivity index (χ0) is 46.3. The summed E-state index contributed by atoms with van der Waals surface area (Å²) in [6.45, 7) is 6.82. The SMILES string of the molecule is CC(C)C[C@H](CC(=O)c1cc2ccccn2n1)C(=O)NN(CCC(N)=O)C(=O)[C@@H](F)Cl.CC(C)C[C@H](CC(=O)c1cc2ccccn2n1)C(=O)NN(CCC(N)=O)C(=O)[C@H](F)Cl. The van der Waals surface area contributed by atoms with Gasteiger partial charge in [-0.15, -0.1) is 0 Å². The van der Waals surface area contributed by atoms with Crippen molar-refractivity contribution >= 4 is 81.2 Å². The van der Waals surface area contributed by atoms with Gasteiger partial charge in [0, 0.05) is 49.9 Å². The third-order valence-corrected chi connectivity index (χ3v) is 9.36. The van der Waals surface area contributed by atoms with Gasteiger partial charge >= 0.3 is 0 Å². The molecule has 6 amide bonds. The van der Waals surface area contributed by atoms with Crippen LogP contribution in [0, 0.1) is 23.7 Å². The number of hydrazine groups is 2. The van der Waals surface area contributed by atoms with E-state index in [4.69, 9.17) is 34.7 Å². The minimum atomic E-state index is -2.41. The van der Waals surface area contributed by atoms with Crippen LogP contribution >= 0.6 is 23.2 Å². The Morgan fingerprint density at radius 2 is 1.00 bits per heavy atom. The van der Waals surface area contributed by atoms with Crippen molar-refractivity contribution in [2.24, 2.45) is 35.1 Å². The highest BCUT2D eigenvalue weighted by molar-refractivity contribution is 6.29. The fourth-order valence-electron chi connectivity index (χ4n) is 6.08. The number of carbonyl (C=O) groups is 8. The molecule has 4 aromatic heterocycles. The molecule has 62 heavy (non-hydrogen) atoms. The number of alkyl halides is 4. The van der Waals surface area contributed by atoms with E-state index < -0.39 is 58.5 Å². The summed E-state index contributed by atoms with van der Waals surface area (Å²) in [5, 5.41) is 9.67. The van der Waals surface area contributed by atoms with Crippen LogP contribution in [0.4, 0.5) is 8.78 Å². The van der Waals surface area contributed by atoms with Gasteiger partial charge in [0.25, 0.3) is 23.1 Å². The number of carbonyl (C=O) groups excluding carboxylic acids is 8. The van der Waals surface area contributed by atoms with E-state index in [9.17, 15) is 47.1 Å². The van der Waals surface area contributed by atoms with Crippen LogP contribution in [0.25, 0.3) is 11.0 Å². The number of nitrogens with one attached hydrogen (secondary N) is 2. The number of fused-ring (bicyclic) bond motifs is 2. The molecule has 0 saturated heterocycles. The van der Waals surface area contributed by atoms with E-state index in [-0.39, 0.29) is 73.6 Å².